The first-order valence-electron chi connectivity index (χ1n) is 17.9. The molecule has 272 valence electrons. The van der Waals surface area contributed by atoms with Crippen molar-refractivity contribution in [1.82, 2.24) is 0 Å². The molecule has 0 saturated carbocycles. The smallest absolute Gasteiger partial charge is 0.262 e. The van der Waals surface area contributed by atoms with Gasteiger partial charge in [0, 0.05) is 11.4 Å². The average Bonchev–Trinajstić information content (AvgIpc) is 3.02. The molecule has 4 aromatic rings. The molecule has 0 atom stereocenters. The fourth-order valence-electron chi connectivity index (χ4n) is 5.75. The van der Waals surface area contributed by atoms with Gasteiger partial charge in [-0.15, -0.1) is 0 Å². The van der Waals surface area contributed by atoms with Crippen molar-refractivity contribution < 1.29 is 19.1 Å². The second kappa shape index (κ2) is 15.3. The minimum Gasteiger partial charge on any atom is -0.483 e. The predicted molar refractivity (Wildman–Crippen MR) is 212 cm³/mol. The van der Waals surface area contributed by atoms with Crippen LogP contribution in [0.3, 0.4) is 0 Å². The van der Waals surface area contributed by atoms with Gasteiger partial charge in [0.1, 0.15) is 11.5 Å². The lowest BCUT2D eigenvalue weighted by molar-refractivity contribution is -0.118. The third-order valence-corrected chi connectivity index (χ3v) is 8.91. The van der Waals surface area contributed by atoms with Crippen LogP contribution in [0.2, 0.25) is 0 Å². The summed E-state index contributed by atoms with van der Waals surface area (Å²) in [5.74, 6) is 1.05. The number of carbonyl (C=O) groups excluding carboxylic acids is 2. The SMILES string of the molecule is CC(C)(C)c1ccc(OCC(=O)Nc2ccc(Cc3ccc(NC(=O)COc4ccc(C(C)(C)C)cc4C(C)(C)C)cc3)cc2)c(C(C)(C)C)c1. The molecule has 6 heteroatoms. The highest BCUT2D eigenvalue weighted by Gasteiger charge is 2.25. The molecule has 0 radical (unpaired) electrons. The maximum Gasteiger partial charge on any atom is 0.262 e. The van der Waals surface area contributed by atoms with Crippen LogP contribution in [0.4, 0.5) is 11.4 Å². The van der Waals surface area contributed by atoms with E-state index in [1.807, 2.05) is 60.7 Å². The molecular formula is C45H58N2O4. The molecule has 6 nitrogen and oxygen atoms in total. The Morgan fingerprint density at radius 1 is 0.471 bits per heavy atom. The van der Waals surface area contributed by atoms with Crippen LogP contribution in [-0.4, -0.2) is 25.0 Å². The summed E-state index contributed by atoms with van der Waals surface area (Å²) in [6, 6.07) is 28.2. The number of anilines is 2. The zero-order valence-corrected chi connectivity index (χ0v) is 32.8. The number of amides is 2. The second-order valence-corrected chi connectivity index (χ2v) is 17.7. The maximum atomic E-state index is 12.8. The van der Waals surface area contributed by atoms with Crippen LogP contribution < -0.4 is 20.1 Å². The van der Waals surface area contributed by atoms with Crippen molar-refractivity contribution in [3.63, 3.8) is 0 Å². The van der Waals surface area contributed by atoms with Gasteiger partial charge in [0.25, 0.3) is 11.8 Å². The number of hydrogen-bond donors (Lipinski definition) is 2. The highest BCUT2D eigenvalue weighted by Crippen LogP contribution is 2.37. The quantitative estimate of drug-likeness (QED) is 0.174. The molecule has 2 amide bonds. The fourth-order valence-corrected chi connectivity index (χ4v) is 5.75. The summed E-state index contributed by atoms with van der Waals surface area (Å²) in [4.78, 5) is 25.6. The molecule has 0 saturated heterocycles. The summed E-state index contributed by atoms with van der Waals surface area (Å²) in [5, 5.41) is 5.90. The molecule has 0 unspecified atom stereocenters. The van der Waals surface area contributed by atoms with E-state index in [1.165, 1.54) is 11.1 Å². The third kappa shape index (κ3) is 11.2. The van der Waals surface area contributed by atoms with Crippen LogP contribution in [0.15, 0.2) is 84.9 Å². The van der Waals surface area contributed by atoms with Gasteiger partial charge in [-0.1, -0.05) is 132 Å². The molecule has 4 aromatic carbocycles. The summed E-state index contributed by atoms with van der Waals surface area (Å²) in [7, 11) is 0. The van der Waals surface area contributed by atoms with Gasteiger partial charge >= 0.3 is 0 Å². The Bertz CT molecular complexity index is 1680. The third-order valence-electron chi connectivity index (χ3n) is 8.91. The number of nitrogens with one attached hydrogen (secondary N) is 2. The van der Waals surface area contributed by atoms with E-state index in [2.05, 4.69) is 118 Å². The van der Waals surface area contributed by atoms with E-state index in [1.54, 1.807) is 0 Å². The van der Waals surface area contributed by atoms with Gasteiger partial charge in [-0.05, 0) is 97.9 Å². The van der Waals surface area contributed by atoms with E-state index in [0.717, 1.165) is 40.2 Å². The van der Waals surface area contributed by atoms with Gasteiger partial charge in [-0.3, -0.25) is 9.59 Å². The van der Waals surface area contributed by atoms with E-state index >= 15 is 0 Å². The Hall–Kier alpha value is -4.58. The van der Waals surface area contributed by atoms with E-state index < -0.39 is 0 Å². The van der Waals surface area contributed by atoms with Crippen LogP contribution in [0.25, 0.3) is 0 Å². The molecule has 51 heavy (non-hydrogen) atoms. The summed E-state index contributed by atoms with van der Waals surface area (Å²) >= 11 is 0. The minimum absolute atomic E-state index is 0.0244. The Morgan fingerprint density at radius 2 is 0.804 bits per heavy atom. The summed E-state index contributed by atoms with van der Waals surface area (Å²) < 4.78 is 12.0. The summed E-state index contributed by atoms with van der Waals surface area (Å²) in [5.41, 5.74) is 8.09. The highest BCUT2D eigenvalue weighted by atomic mass is 16.5. The normalized spacial score (nSPS) is 12.3. The molecule has 0 heterocycles. The fraction of sp³-hybridized carbons (Fsp3) is 0.422. The first kappa shape index (κ1) is 39.2. The van der Waals surface area contributed by atoms with Crippen molar-refractivity contribution in [2.75, 3.05) is 23.8 Å². The number of hydrogen-bond acceptors (Lipinski definition) is 4. The molecule has 0 bridgehead atoms. The van der Waals surface area contributed by atoms with Gasteiger partial charge in [-0.25, -0.2) is 0 Å². The van der Waals surface area contributed by atoms with E-state index in [-0.39, 0.29) is 46.7 Å². The van der Waals surface area contributed by atoms with Crippen molar-refractivity contribution in [3.8, 4) is 11.5 Å². The number of ether oxygens (including phenoxy) is 2. The van der Waals surface area contributed by atoms with Crippen LogP contribution in [0, 0.1) is 0 Å². The van der Waals surface area contributed by atoms with E-state index in [4.69, 9.17) is 9.47 Å². The van der Waals surface area contributed by atoms with Gasteiger partial charge in [-0.2, -0.15) is 0 Å². The topological polar surface area (TPSA) is 76.7 Å². The van der Waals surface area contributed by atoms with Gasteiger partial charge in [0.2, 0.25) is 0 Å². The largest absolute Gasteiger partial charge is 0.483 e. The second-order valence-electron chi connectivity index (χ2n) is 17.7. The Balaban J connectivity index is 1.28. The van der Waals surface area contributed by atoms with Crippen molar-refractivity contribution in [3.05, 3.63) is 118 Å². The lowest BCUT2D eigenvalue weighted by atomic mass is 9.80. The molecule has 0 fully saturated rings. The minimum atomic E-state index is -0.210. The molecule has 0 aliphatic heterocycles. The summed E-state index contributed by atoms with van der Waals surface area (Å²) in [6.07, 6.45) is 0.717. The van der Waals surface area contributed by atoms with Crippen LogP contribution in [0.5, 0.6) is 11.5 Å². The van der Waals surface area contributed by atoms with Gasteiger partial charge in [0.15, 0.2) is 13.2 Å². The Morgan fingerprint density at radius 3 is 1.10 bits per heavy atom. The first-order valence-corrected chi connectivity index (χ1v) is 17.9. The standard InChI is InChI=1S/C45H58N2O4/c1-42(2,3)32-17-23-38(36(26-32)44(7,8)9)50-28-40(48)46-34-19-13-30(14-20-34)25-31-15-21-35(22-16-31)47-41(49)29-51-39-24-18-33(43(4,5)6)27-37(39)45(10,11)12/h13-24,26-27H,25,28-29H2,1-12H3,(H,46,48)(H,47,49). The molecule has 0 spiro atoms. The van der Waals surface area contributed by atoms with Crippen LogP contribution in [0.1, 0.15) is 116 Å². The maximum absolute atomic E-state index is 12.8. The predicted octanol–water partition coefficient (Wildman–Crippen LogP) is 10.5. The molecule has 0 aliphatic rings. The number of rotatable bonds is 10. The number of carbonyl (C=O) groups is 2. The van der Waals surface area contributed by atoms with Crippen LogP contribution in [-0.2, 0) is 37.7 Å². The van der Waals surface area contributed by atoms with E-state index in [9.17, 15) is 9.59 Å². The molecule has 4 rings (SSSR count). The van der Waals surface area contributed by atoms with Crippen molar-refractivity contribution >= 4 is 23.2 Å². The number of benzene rings is 4. The molecular weight excluding hydrogens is 633 g/mol. The van der Waals surface area contributed by atoms with E-state index in [0.29, 0.717) is 11.4 Å². The summed E-state index contributed by atoms with van der Waals surface area (Å²) in [6.45, 7) is 26.0. The Labute approximate surface area is 306 Å². The molecule has 2 N–H and O–H groups in total. The zero-order valence-electron chi connectivity index (χ0n) is 32.8. The monoisotopic (exact) mass is 690 g/mol. The van der Waals surface area contributed by atoms with Crippen molar-refractivity contribution in [2.45, 2.75) is 111 Å². The van der Waals surface area contributed by atoms with Gasteiger partial charge < -0.3 is 20.1 Å². The van der Waals surface area contributed by atoms with Crippen molar-refractivity contribution in [2.24, 2.45) is 0 Å². The Kier molecular flexibility index (Phi) is 11.8. The molecule has 0 aromatic heterocycles. The van der Waals surface area contributed by atoms with Gasteiger partial charge in [0.05, 0.1) is 0 Å². The van der Waals surface area contributed by atoms with Crippen LogP contribution >= 0.6 is 0 Å². The highest BCUT2D eigenvalue weighted by molar-refractivity contribution is 5.92. The lowest BCUT2D eigenvalue weighted by Crippen LogP contribution is -2.22. The van der Waals surface area contributed by atoms with Crippen molar-refractivity contribution in [1.29, 1.82) is 0 Å². The average molecular weight is 691 g/mol. The zero-order chi connectivity index (χ0) is 37.8. The molecule has 0 aliphatic carbocycles. The lowest BCUT2D eigenvalue weighted by Gasteiger charge is -2.27. The first-order chi connectivity index (χ1) is 23.6.